The van der Waals surface area contributed by atoms with Crippen LogP contribution < -0.4 is 0 Å². The lowest BCUT2D eigenvalue weighted by Crippen LogP contribution is -2.35. The third kappa shape index (κ3) is 4.07. The number of aliphatic hydroxyl groups excluding tert-OH is 1. The molecule has 0 aromatic heterocycles. The molecule has 1 atom stereocenters. The quantitative estimate of drug-likeness (QED) is 0.478. The molecule has 2 aromatic carbocycles. The van der Waals surface area contributed by atoms with Gasteiger partial charge in [0.05, 0.1) is 11.6 Å². The number of halogens is 1. The van der Waals surface area contributed by atoms with E-state index in [1.54, 1.807) is 18.2 Å². The molecule has 152 valence electrons. The van der Waals surface area contributed by atoms with Gasteiger partial charge in [-0.05, 0) is 57.3 Å². The van der Waals surface area contributed by atoms with E-state index in [-0.39, 0.29) is 11.3 Å². The lowest BCUT2D eigenvalue weighted by molar-refractivity contribution is -0.140. The minimum Gasteiger partial charge on any atom is -0.507 e. The zero-order chi connectivity index (χ0) is 21.3. The number of Topliss-reactive ketones (excluding diaryl/α,β-unsaturated/α-hetero) is 1. The van der Waals surface area contributed by atoms with Crippen LogP contribution in [0.1, 0.15) is 28.3 Å². The molecule has 0 spiro atoms. The Labute approximate surface area is 170 Å². The predicted octanol–water partition coefficient (Wildman–Crippen LogP) is 3.43. The Hall–Kier alpha value is -2.99. The van der Waals surface area contributed by atoms with Crippen molar-refractivity contribution in [2.75, 3.05) is 27.2 Å². The van der Waals surface area contributed by atoms with Gasteiger partial charge < -0.3 is 14.9 Å². The average Bonchev–Trinajstić information content (AvgIpc) is 2.93. The second-order valence-corrected chi connectivity index (χ2v) is 7.67. The normalized spacial score (nSPS) is 18.7. The Balaban J connectivity index is 2.19. The SMILES string of the molecule is Cc1ccc(C)c(/C(O)=C2/C(=O)C(=O)N(CCN(C)C)C2c2ccc(F)cc2)c1. The van der Waals surface area contributed by atoms with E-state index in [4.69, 9.17) is 0 Å². The molecule has 2 aromatic rings. The summed E-state index contributed by atoms with van der Waals surface area (Å²) in [6, 6.07) is 10.5. The number of nitrogens with zero attached hydrogens (tertiary/aromatic N) is 2. The average molecular weight is 396 g/mol. The van der Waals surface area contributed by atoms with Gasteiger partial charge in [-0.25, -0.2) is 4.39 Å². The van der Waals surface area contributed by atoms with Crippen molar-refractivity contribution >= 4 is 17.4 Å². The molecule has 0 aliphatic carbocycles. The molecular weight excluding hydrogens is 371 g/mol. The molecule has 1 saturated heterocycles. The maximum atomic E-state index is 13.5. The van der Waals surface area contributed by atoms with Crippen molar-refractivity contribution in [2.45, 2.75) is 19.9 Å². The number of rotatable bonds is 5. The van der Waals surface area contributed by atoms with Gasteiger partial charge in [-0.3, -0.25) is 9.59 Å². The van der Waals surface area contributed by atoms with Gasteiger partial charge in [-0.2, -0.15) is 0 Å². The molecule has 1 aliphatic heterocycles. The summed E-state index contributed by atoms with van der Waals surface area (Å²) in [5, 5.41) is 11.1. The van der Waals surface area contributed by atoms with E-state index in [1.165, 1.54) is 17.0 Å². The number of likely N-dealkylation sites (tertiary alicyclic amines) is 1. The lowest BCUT2D eigenvalue weighted by atomic mass is 9.93. The smallest absolute Gasteiger partial charge is 0.295 e. The highest BCUT2D eigenvalue weighted by Crippen LogP contribution is 2.39. The number of amides is 1. The fourth-order valence-corrected chi connectivity index (χ4v) is 3.55. The molecule has 1 fully saturated rings. The highest BCUT2D eigenvalue weighted by molar-refractivity contribution is 6.46. The Bertz CT molecular complexity index is 980. The first-order chi connectivity index (χ1) is 13.7. The summed E-state index contributed by atoms with van der Waals surface area (Å²) in [5.41, 5.74) is 2.86. The van der Waals surface area contributed by atoms with Crippen LogP contribution in [0.3, 0.4) is 0 Å². The molecule has 3 rings (SSSR count). The van der Waals surface area contributed by atoms with Crippen LogP contribution in [-0.4, -0.2) is 53.8 Å². The van der Waals surface area contributed by atoms with Crippen LogP contribution in [0.5, 0.6) is 0 Å². The Morgan fingerprint density at radius 2 is 1.76 bits per heavy atom. The van der Waals surface area contributed by atoms with E-state index in [0.29, 0.717) is 24.2 Å². The number of aliphatic hydroxyl groups is 1. The molecule has 5 nitrogen and oxygen atoms in total. The number of carbonyl (C=O) groups is 2. The Morgan fingerprint density at radius 3 is 2.38 bits per heavy atom. The lowest BCUT2D eigenvalue weighted by Gasteiger charge is -2.26. The van der Waals surface area contributed by atoms with Crippen molar-refractivity contribution < 1.29 is 19.1 Å². The Kier molecular flexibility index (Phi) is 5.84. The molecule has 1 aliphatic rings. The summed E-state index contributed by atoms with van der Waals surface area (Å²) >= 11 is 0. The van der Waals surface area contributed by atoms with E-state index in [9.17, 15) is 19.1 Å². The zero-order valence-corrected chi connectivity index (χ0v) is 17.1. The number of aryl methyl sites for hydroxylation is 2. The van der Waals surface area contributed by atoms with Crippen molar-refractivity contribution in [1.29, 1.82) is 0 Å². The number of ketones is 1. The minimum absolute atomic E-state index is 0.0362. The van der Waals surface area contributed by atoms with Gasteiger partial charge in [0.1, 0.15) is 11.6 Å². The van der Waals surface area contributed by atoms with E-state index in [0.717, 1.165) is 11.1 Å². The van der Waals surface area contributed by atoms with E-state index < -0.39 is 23.5 Å². The van der Waals surface area contributed by atoms with Gasteiger partial charge in [0.2, 0.25) is 0 Å². The van der Waals surface area contributed by atoms with Gasteiger partial charge in [-0.15, -0.1) is 0 Å². The van der Waals surface area contributed by atoms with Gasteiger partial charge in [0.25, 0.3) is 11.7 Å². The molecule has 1 N–H and O–H groups in total. The number of hydrogen-bond acceptors (Lipinski definition) is 4. The van der Waals surface area contributed by atoms with Crippen molar-refractivity contribution in [2.24, 2.45) is 0 Å². The number of benzene rings is 2. The summed E-state index contributed by atoms with van der Waals surface area (Å²) in [7, 11) is 3.75. The summed E-state index contributed by atoms with van der Waals surface area (Å²) < 4.78 is 13.5. The molecule has 0 radical (unpaired) electrons. The zero-order valence-electron chi connectivity index (χ0n) is 17.1. The number of carbonyl (C=O) groups excluding carboxylic acids is 2. The van der Waals surface area contributed by atoms with Gasteiger partial charge in [0, 0.05) is 18.7 Å². The van der Waals surface area contributed by atoms with E-state index in [1.807, 2.05) is 45.0 Å². The first-order valence-electron chi connectivity index (χ1n) is 9.47. The summed E-state index contributed by atoms with van der Waals surface area (Å²) in [4.78, 5) is 29.1. The second kappa shape index (κ2) is 8.17. The summed E-state index contributed by atoms with van der Waals surface area (Å²) in [6.07, 6.45) is 0. The van der Waals surface area contributed by atoms with Gasteiger partial charge >= 0.3 is 0 Å². The predicted molar refractivity (Wildman–Crippen MR) is 110 cm³/mol. The number of hydrogen-bond donors (Lipinski definition) is 1. The summed E-state index contributed by atoms with van der Waals surface area (Å²) in [5.74, 6) is -2.00. The molecule has 6 heteroatoms. The summed E-state index contributed by atoms with van der Waals surface area (Å²) in [6.45, 7) is 4.59. The third-order valence-corrected chi connectivity index (χ3v) is 5.16. The molecule has 1 heterocycles. The molecule has 1 unspecified atom stereocenters. The standard InChI is InChI=1S/C23H25FN2O3/c1-14-5-6-15(2)18(13-14)21(27)19-20(16-7-9-17(24)10-8-16)26(12-11-25(3)4)23(29)22(19)28/h5-10,13,20,27H,11-12H2,1-4H3/b21-19-. The van der Waals surface area contributed by atoms with Crippen molar-refractivity contribution in [3.05, 3.63) is 76.1 Å². The van der Waals surface area contributed by atoms with Gasteiger partial charge in [0.15, 0.2) is 0 Å². The fraction of sp³-hybridized carbons (Fsp3) is 0.304. The van der Waals surface area contributed by atoms with Crippen LogP contribution in [0, 0.1) is 19.7 Å². The van der Waals surface area contributed by atoms with Crippen LogP contribution in [0.4, 0.5) is 4.39 Å². The molecular formula is C23H25FN2O3. The number of likely N-dealkylation sites (N-methyl/N-ethyl adjacent to an activating group) is 1. The Morgan fingerprint density at radius 1 is 1.10 bits per heavy atom. The molecule has 0 saturated carbocycles. The molecule has 0 bridgehead atoms. The topological polar surface area (TPSA) is 60.9 Å². The van der Waals surface area contributed by atoms with Crippen molar-refractivity contribution in [3.8, 4) is 0 Å². The van der Waals surface area contributed by atoms with Gasteiger partial charge in [-0.1, -0.05) is 29.8 Å². The van der Waals surface area contributed by atoms with Crippen LogP contribution in [0.15, 0.2) is 48.0 Å². The maximum absolute atomic E-state index is 13.5. The van der Waals surface area contributed by atoms with Crippen molar-refractivity contribution in [3.63, 3.8) is 0 Å². The van der Waals surface area contributed by atoms with Crippen molar-refractivity contribution in [1.82, 2.24) is 9.80 Å². The maximum Gasteiger partial charge on any atom is 0.295 e. The monoisotopic (exact) mass is 396 g/mol. The third-order valence-electron chi connectivity index (χ3n) is 5.16. The molecule has 1 amide bonds. The van der Waals surface area contributed by atoms with Crippen LogP contribution >= 0.6 is 0 Å². The first kappa shape index (κ1) is 20.7. The highest BCUT2D eigenvalue weighted by atomic mass is 19.1. The van der Waals surface area contributed by atoms with Crippen LogP contribution in [0.2, 0.25) is 0 Å². The van der Waals surface area contributed by atoms with E-state index in [2.05, 4.69) is 0 Å². The molecule has 29 heavy (non-hydrogen) atoms. The minimum atomic E-state index is -0.768. The van der Waals surface area contributed by atoms with Crippen LogP contribution in [0.25, 0.3) is 5.76 Å². The first-order valence-corrected chi connectivity index (χ1v) is 9.47. The largest absolute Gasteiger partial charge is 0.507 e. The van der Waals surface area contributed by atoms with E-state index >= 15 is 0 Å². The second-order valence-electron chi connectivity index (χ2n) is 7.67. The fourth-order valence-electron chi connectivity index (χ4n) is 3.55. The highest BCUT2D eigenvalue weighted by Gasteiger charge is 2.46. The van der Waals surface area contributed by atoms with Crippen LogP contribution in [-0.2, 0) is 9.59 Å².